The SMILES string of the molecule is C[C@@H](OC(=O)c1ccc(-c2ccccc2)cc1)C(N)=O. The van der Waals surface area contributed by atoms with Gasteiger partial charge in [-0.2, -0.15) is 0 Å². The molecule has 0 heterocycles. The van der Waals surface area contributed by atoms with Crippen LogP contribution in [-0.2, 0) is 9.53 Å². The highest BCUT2D eigenvalue weighted by molar-refractivity contribution is 5.92. The predicted molar refractivity (Wildman–Crippen MR) is 75.9 cm³/mol. The largest absolute Gasteiger partial charge is 0.449 e. The Morgan fingerprint density at radius 1 is 0.950 bits per heavy atom. The van der Waals surface area contributed by atoms with Crippen molar-refractivity contribution in [3.05, 3.63) is 60.2 Å². The monoisotopic (exact) mass is 269 g/mol. The molecule has 1 amide bonds. The van der Waals surface area contributed by atoms with Crippen molar-refractivity contribution < 1.29 is 14.3 Å². The number of carbonyl (C=O) groups is 2. The van der Waals surface area contributed by atoms with Crippen LogP contribution in [-0.4, -0.2) is 18.0 Å². The van der Waals surface area contributed by atoms with Crippen molar-refractivity contribution in [3.8, 4) is 11.1 Å². The average molecular weight is 269 g/mol. The highest BCUT2D eigenvalue weighted by Gasteiger charge is 2.15. The lowest BCUT2D eigenvalue weighted by Gasteiger charge is -2.09. The van der Waals surface area contributed by atoms with Crippen LogP contribution in [0.2, 0.25) is 0 Å². The summed E-state index contributed by atoms with van der Waals surface area (Å²) in [6.45, 7) is 1.44. The van der Waals surface area contributed by atoms with Crippen LogP contribution in [0.4, 0.5) is 0 Å². The molecule has 0 spiro atoms. The normalized spacial score (nSPS) is 11.7. The van der Waals surface area contributed by atoms with Crippen molar-refractivity contribution in [1.29, 1.82) is 0 Å². The molecule has 0 fully saturated rings. The quantitative estimate of drug-likeness (QED) is 0.866. The highest BCUT2D eigenvalue weighted by atomic mass is 16.5. The molecule has 0 aliphatic rings. The van der Waals surface area contributed by atoms with Crippen molar-refractivity contribution in [2.45, 2.75) is 13.0 Å². The van der Waals surface area contributed by atoms with Crippen LogP contribution >= 0.6 is 0 Å². The molecular weight excluding hydrogens is 254 g/mol. The number of ether oxygens (including phenoxy) is 1. The maximum Gasteiger partial charge on any atom is 0.338 e. The average Bonchev–Trinajstić information content (AvgIpc) is 2.48. The number of esters is 1. The van der Waals surface area contributed by atoms with Gasteiger partial charge in [0, 0.05) is 0 Å². The molecular formula is C16H15NO3. The number of amides is 1. The molecule has 2 rings (SSSR count). The molecule has 0 aliphatic carbocycles. The van der Waals surface area contributed by atoms with Gasteiger partial charge in [-0.15, -0.1) is 0 Å². The van der Waals surface area contributed by atoms with Crippen LogP contribution in [0.3, 0.4) is 0 Å². The van der Waals surface area contributed by atoms with E-state index in [1.54, 1.807) is 12.1 Å². The van der Waals surface area contributed by atoms with E-state index in [0.29, 0.717) is 5.56 Å². The standard InChI is InChI=1S/C16H15NO3/c1-11(15(17)18)20-16(19)14-9-7-13(8-10-14)12-5-3-2-4-6-12/h2-11H,1H3,(H2,17,18)/t11-/m1/s1. The molecule has 4 heteroatoms. The number of nitrogens with two attached hydrogens (primary N) is 1. The topological polar surface area (TPSA) is 69.4 Å². The Kier molecular flexibility index (Phi) is 4.15. The van der Waals surface area contributed by atoms with E-state index < -0.39 is 18.0 Å². The fourth-order valence-corrected chi connectivity index (χ4v) is 1.72. The van der Waals surface area contributed by atoms with Crippen molar-refractivity contribution >= 4 is 11.9 Å². The zero-order valence-corrected chi connectivity index (χ0v) is 11.1. The van der Waals surface area contributed by atoms with E-state index >= 15 is 0 Å². The summed E-state index contributed by atoms with van der Waals surface area (Å²) in [5.74, 6) is -1.23. The lowest BCUT2D eigenvalue weighted by Crippen LogP contribution is -2.30. The molecule has 2 aromatic carbocycles. The number of carbonyl (C=O) groups excluding carboxylic acids is 2. The summed E-state index contributed by atoms with van der Waals surface area (Å²) in [7, 11) is 0. The summed E-state index contributed by atoms with van der Waals surface area (Å²) < 4.78 is 4.93. The molecule has 0 saturated carbocycles. The summed E-state index contributed by atoms with van der Waals surface area (Å²) in [4.78, 5) is 22.6. The van der Waals surface area contributed by atoms with E-state index in [1.807, 2.05) is 42.5 Å². The van der Waals surface area contributed by atoms with E-state index in [1.165, 1.54) is 6.92 Å². The van der Waals surface area contributed by atoms with Gasteiger partial charge < -0.3 is 10.5 Å². The third kappa shape index (κ3) is 3.23. The van der Waals surface area contributed by atoms with Gasteiger partial charge in [-0.1, -0.05) is 42.5 Å². The molecule has 0 saturated heterocycles. The molecule has 20 heavy (non-hydrogen) atoms. The number of rotatable bonds is 4. The summed E-state index contributed by atoms with van der Waals surface area (Å²) >= 11 is 0. The Morgan fingerprint density at radius 2 is 1.50 bits per heavy atom. The van der Waals surface area contributed by atoms with Crippen molar-refractivity contribution in [3.63, 3.8) is 0 Å². The van der Waals surface area contributed by atoms with E-state index in [2.05, 4.69) is 0 Å². The van der Waals surface area contributed by atoms with Gasteiger partial charge in [0.15, 0.2) is 6.10 Å². The molecule has 0 aliphatic heterocycles. The minimum absolute atomic E-state index is 0.387. The predicted octanol–water partition coefficient (Wildman–Crippen LogP) is 2.38. The number of primary amides is 1. The van der Waals surface area contributed by atoms with E-state index in [-0.39, 0.29) is 0 Å². The van der Waals surface area contributed by atoms with Crippen LogP contribution in [0, 0.1) is 0 Å². The van der Waals surface area contributed by atoms with Gasteiger partial charge in [0.25, 0.3) is 5.91 Å². The Labute approximate surface area is 117 Å². The lowest BCUT2D eigenvalue weighted by molar-refractivity contribution is -0.125. The first-order valence-electron chi connectivity index (χ1n) is 6.23. The molecule has 102 valence electrons. The van der Waals surface area contributed by atoms with Gasteiger partial charge in [0.2, 0.25) is 0 Å². The molecule has 0 bridgehead atoms. The fraction of sp³-hybridized carbons (Fsp3) is 0.125. The molecule has 0 radical (unpaired) electrons. The van der Waals surface area contributed by atoms with Gasteiger partial charge in [-0.25, -0.2) is 4.79 Å². The van der Waals surface area contributed by atoms with E-state index in [4.69, 9.17) is 10.5 Å². The number of benzene rings is 2. The second-order valence-corrected chi connectivity index (χ2v) is 4.39. The Morgan fingerprint density at radius 3 is 2.05 bits per heavy atom. The van der Waals surface area contributed by atoms with Crippen LogP contribution in [0.5, 0.6) is 0 Å². The van der Waals surface area contributed by atoms with Crippen molar-refractivity contribution in [2.75, 3.05) is 0 Å². The summed E-state index contributed by atoms with van der Waals surface area (Å²) in [6.07, 6.45) is -0.934. The maximum absolute atomic E-state index is 11.8. The third-order valence-corrected chi connectivity index (χ3v) is 2.91. The van der Waals surface area contributed by atoms with Crippen LogP contribution in [0.15, 0.2) is 54.6 Å². The summed E-state index contributed by atoms with van der Waals surface area (Å²) in [6, 6.07) is 16.8. The molecule has 2 aromatic rings. The minimum atomic E-state index is -0.934. The lowest BCUT2D eigenvalue weighted by atomic mass is 10.0. The second kappa shape index (κ2) is 6.02. The van der Waals surface area contributed by atoms with Crippen molar-refractivity contribution in [2.24, 2.45) is 5.73 Å². The first kappa shape index (κ1) is 13.8. The summed E-state index contributed by atoms with van der Waals surface area (Å²) in [5, 5.41) is 0. The molecule has 1 atom stereocenters. The Balaban J connectivity index is 2.12. The maximum atomic E-state index is 11.8. The fourth-order valence-electron chi connectivity index (χ4n) is 1.72. The highest BCUT2D eigenvalue weighted by Crippen LogP contribution is 2.19. The smallest absolute Gasteiger partial charge is 0.338 e. The van der Waals surface area contributed by atoms with Gasteiger partial charge in [-0.05, 0) is 30.2 Å². The van der Waals surface area contributed by atoms with Gasteiger partial charge >= 0.3 is 5.97 Å². The first-order chi connectivity index (χ1) is 9.58. The molecule has 0 unspecified atom stereocenters. The van der Waals surface area contributed by atoms with Gasteiger partial charge in [0.1, 0.15) is 0 Å². The molecule has 0 aromatic heterocycles. The van der Waals surface area contributed by atoms with Crippen LogP contribution in [0.1, 0.15) is 17.3 Å². The first-order valence-corrected chi connectivity index (χ1v) is 6.23. The second-order valence-electron chi connectivity index (χ2n) is 4.39. The number of hydrogen-bond donors (Lipinski definition) is 1. The molecule has 2 N–H and O–H groups in total. The molecule has 4 nitrogen and oxygen atoms in total. The zero-order chi connectivity index (χ0) is 14.5. The Bertz CT molecular complexity index is 605. The summed E-state index contributed by atoms with van der Waals surface area (Å²) in [5.41, 5.74) is 7.51. The van der Waals surface area contributed by atoms with Gasteiger partial charge in [0.05, 0.1) is 5.56 Å². The third-order valence-electron chi connectivity index (χ3n) is 2.91. The van der Waals surface area contributed by atoms with Crippen LogP contribution < -0.4 is 5.73 Å². The number of hydrogen-bond acceptors (Lipinski definition) is 3. The van der Waals surface area contributed by atoms with Crippen LogP contribution in [0.25, 0.3) is 11.1 Å². The minimum Gasteiger partial charge on any atom is -0.449 e. The van der Waals surface area contributed by atoms with E-state index in [9.17, 15) is 9.59 Å². The van der Waals surface area contributed by atoms with Gasteiger partial charge in [-0.3, -0.25) is 4.79 Å². The zero-order valence-electron chi connectivity index (χ0n) is 11.1. The van der Waals surface area contributed by atoms with Crippen molar-refractivity contribution in [1.82, 2.24) is 0 Å². The Hall–Kier alpha value is -2.62. The van der Waals surface area contributed by atoms with E-state index in [0.717, 1.165) is 11.1 Å².